The minimum atomic E-state index is -0.955. The van der Waals surface area contributed by atoms with Crippen molar-refractivity contribution in [3.05, 3.63) is 35.6 Å². The number of nitrogens with one attached hydrogen (secondary N) is 1. The lowest BCUT2D eigenvalue weighted by molar-refractivity contribution is -0.154. The molecule has 0 saturated heterocycles. The Kier molecular flexibility index (Phi) is 5.74. The van der Waals surface area contributed by atoms with Gasteiger partial charge in [-0.05, 0) is 24.8 Å². The smallest absolute Gasteiger partial charge is 0.317 e. The molecule has 1 fully saturated rings. The Hall–Kier alpha value is -1.91. The van der Waals surface area contributed by atoms with Crippen molar-refractivity contribution in [2.75, 3.05) is 13.2 Å². The van der Waals surface area contributed by atoms with E-state index < -0.39 is 17.2 Å². The summed E-state index contributed by atoms with van der Waals surface area (Å²) in [7, 11) is 0. The number of halogens is 1. The predicted molar refractivity (Wildman–Crippen MR) is 85.4 cm³/mol. The molecule has 0 bridgehead atoms. The third-order valence-corrected chi connectivity index (χ3v) is 4.28. The number of benzene rings is 1. The van der Waals surface area contributed by atoms with Crippen LogP contribution in [0.15, 0.2) is 24.3 Å². The van der Waals surface area contributed by atoms with Crippen LogP contribution in [-0.2, 0) is 19.7 Å². The fourth-order valence-corrected chi connectivity index (χ4v) is 3.05. The average molecular weight is 321 g/mol. The van der Waals surface area contributed by atoms with Gasteiger partial charge in [0.2, 0.25) is 0 Å². The van der Waals surface area contributed by atoms with Gasteiger partial charge in [-0.1, -0.05) is 44.9 Å². The lowest BCUT2D eigenvalue weighted by atomic mass is 9.78. The minimum Gasteiger partial charge on any atom is -0.455 e. The van der Waals surface area contributed by atoms with E-state index in [2.05, 4.69) is 5.32 Å². The summed E-state index contributed by atoms with van der Waals surface area (Å²) in [4.78, 5) is 24.3. The number of rotatable bonds is 6. The monoisotopic (exact) mass is 321 g/mol. The number of carbonyl (C=O) groups excluding carboxylic acids is 2. The molecule has 0 spiro atoms. The first-order valence-corrected chi connectivity index (χ1v) is 8.14. The zero-order valence-electron chi connectivity index (χ0n) is 13.7. The van der Waals surface area contributed by atoms with Crippen molar-refractivity contribution in [3.63, 3.8) is 0 Å². The maximum absolute atomic E-state index is 14.2. The van der Waals surface area contributed by atoms with E-state index in [0.29, 0.717) is 30.9 Å². The molecule has 1 aliphatic rings. The summed E-state index contributed by atoms with van der Waals surface area (Å²) in [5.74, 6) is -0.890. The molecular weight excluding hydrogens is 297 g/mol. The van der Waals surface area contributed by atoms with Gasteiger partial charge in [-0.2, -0.15) is 0 Å². The third kappa shape index (κ3) is 4.09. The quantitative estimate of drug-likeness (QED) is 0.820. The Morgan fingerprint density at radius 1 is 1.26 bits per heavy atom. The van der Waals surface area contributed by atoms with E-state index >= 15 is 0 Å². The Morgan fingerprint density at radius 2 is 1.91 bits per heavy atom. The summed E-state index contributed by atoms with van der Waals surface area (Å²) >= 11 is 0. The van der Waals surface area contributed by atoms with Gasteiger partial charge in [0.1, 0.15) is 5.82 Å². The zero-order chi connectivity index (χ0) is 16.9. The molecule has 1 aliphatic carbocycles. The van der Waals surface area contributed by atoms with Gasteiger partial charge in [-0.3, -0.25) is 9.59 Å². The fourth-order valence-electron chi connectivity index (χ4n) is 3.05. The van der Waals surface area contributed by atoms with Crippen molar-refractivity contribution in [3.8, 4) is 0 Å². The van der Waals surface area contributed by atoms with Crippen LogP contribution in [-0.4, -0.2) is 25.0 Å². The van der Waals surface area contributed by atoms with Crippen LogP contribution in [0.2, 0.25) is 0 Å². The van der Waals surface area contributed by atoms with Crippen LogP contribution in [0.3, 0.4) is 0 Å². The Morgan fingerprint density at radius 3 is 2.52 bits per heavy atom. The molecule has 1 N–H and O–H groups in total. The molecule has 1 aromatic rings. The molecule has 126 valence electrons. The van der Waals surface area contributed by atoms with E-state index in [4.69, 9.17) is 4.74 Å². The first-order chi connectivity index (χ1) is 11.0. The molecule has 0 aromatic heterocycles. The standard InChI is InChI=1S/C18H24FNO3/c1-13(2)11-20-16(21)12-23-17(22)18(9-5-6-10-18)14-7-3-4-8-15(14)19/h3-4,7-8,13H,5-6,9-12H2,1-2H3,(H,20,21). The summed E-state index contributed by atoms with van der Waals surface area (Å²) in [6.45, 7) is 4.19. The second kappa shape index (κ2) is 7.57. The van der Waals surface area contributed by atoms with E-state index in [1.54, 1.807) is 18.2 Å². The van der Waals surface area contributed by atoms with Gasteiger partial charge in [-0.25, -0.2) is 4.39 Å². The summed E-state index contributed by atoms with van der Waals surface area (Å²) in [5, 5.41) is 2.70. The highest BCUT2D eigenvalue weighted by Gasteiger charge is 2.45. The molecule has 0 aliphatic heterocycles. The molecule has 1 saturated carbocycles. The maximum atomic E-state index is 14.2. The van der Waals surface area contributed by atoms with Crippen molar-refractivity contribution in [2.24, 2.45) is 5.92 Å². The molecule has 4 nitrogen and oxygen atoms in total. The second-order valence-corrected chi connectivity index (χ2v) is 6.54. The van der Waals surface area contributed by atoms with Crippen molar-refractivity contribution in [1.82, 2.24) is 5.32 Å². The van der Waals surface area contributed by atoms with Gasteiger partial charge in [0, 0.05) is 12.1 Å². The first-order valence-electron chi connectivity index (χ1n) is 8.14. The highest BCUT2D eigenvalue weighted by molar-refractivity contribution is 5.86. The van der Waals surface area contributed by atoms with Crippen LogP contribution in [0.5, 0.6) is 0 Å². The molecule has 5 heteroatoms. The molecular formula is C18H24FNO3. The van der Waals surface area contributed by atoms with Crippen molar-refractivity contribution in [2.45, 2.75) is 44.9 Å². The van der Waals surface area contributed by atoms with Gasteiger partial charge in [0.05, 0.1) is 5.41 Å². The number of hydrogen-bond donors (Lipinski definition) is 1. The van der Waals surface area contributed by atoms with E-state index in [-0.39, 0.29) is 12.5 Å². The molecule has 0 radical (unpaired) electrons. The summed E-state index contributed by atoms with van der Waals surface area (Å²) in [6.07, 6.45) is 2.81. The molecule has 23 heavy (non-hydrogen) atoms. The first kappa shape index (κ1) is 17.4. The van der Waals surface area contributed by atoms with Crippen molar-refractivity contribution in [1.29, 1.82) is 0 Å². The Labute approximate surface area is 136 Å². The van der Waals surface area contributed by atoms with Crippen LogP contribution in [0.1, 0.15) is 45.1 Å². The van der Waals surface area contributed by atoms with Gasteiger partial charge >= 0.3 is 5.97 Å². The average Bonchev–Trinajstić information content (AvgIpc) is 3.01. The van der Waals surface area contributed by atoms with Crippen LogP contribution in [0, 0.1) is 11.7 Å². The number of hydrogen-bond acceptors (Lipinski definition) is 3. The molecule has 0 unspecified atom stereocenters. The molecule has 2 rings (SSSR count). The van der Waals surface area contributed by atoms with Crippen LogP contribution < -0.4 is 5.32 Å². The van der Waals surface area contributed by atoms with E-state index in [0.717, 1.165) is 12.8 Å². The zero-order valence-corrected chi connectivity index (χ0v) is 13.7. The molecule has 1 aromatic carbocycles. The van der Waals surface area contributed by atoms with Gasteiger partial charge in [-0.15, -0.1) is 0 Å². The molecule has 1 amide bonds. The van der Waals surface area contributed by atoms with E-state index in [1.807, 2.05) is 13.8 Å². The van der Waals surface area contributed by atoms with Crippen LogP contribution >= 0.6 is 0 Å². The van der Waals surface area contributed by atoms with Crippen LogP contribution in [0.25, 0.3) is 0 Å². The fraction of sp³-hybridized carbons (Fsp3) is 0.556. The summed E-state index contributed by atoms with van der Waals surface area (Å²) < 4.78 is 19.4. The molecule has 0 atom stereocenters. The van der Waals surface area contributed by atoms with Gasteiger partial charge < -0.3 is 10.1 Å². The van der Waals surface area contributed by atoms with Crippen molar-refractivity contribution >= 4 is 11.9 Å². The van der Waals surface area contributed by atoms with Gasteiger partial charge in [0.15, 0.2) is 6.61 Å². The summed E-state index contributed by atoms with van der Waals surface area (Å²) in [5.41, 5.74) is -0.575. The van der Waals surface area contributed by atoms with Crippen molar-refractivity contribution < 1.29 is 18.7 Å². The van der Waals surface area contributed by atoms with Gasteiger partial charge in [0.25, 0.3) is 5.91 Å². The SMILES string of the molecule is CC(C)CNC(=O)COC(=O)C1(c2ccccc2F)CCCC1. The highest BCUT2D eigenvalue weighted by atomic mass is 19.1. The Balaban J connectivity index is 2.05. The predicted octanol–water partition coefficient (Wildman–Crippen LogP) is 2.95. The number of amides is 1. The third-order valence-electron chi connectivity index (χ3n) is 4.28. The summed E-state index contributed by atoms with van der Waals surface area (Å²) in [6, 6.07) is 6.33. The van der Waals surface area contributed by atoms with E-state index in [1.165, 1.54) is 6.07 Å². The molecule has 0 heterocycles. The maximum Gasteiger partial charge on any atom is 0.317 e. The lowest BCUT2D eigenvalue weighted by Gasteiger charge is -2.27. The van der Waals surface area contributed by atoms with Crippen LogP contribution in [0.4, 0.5) is 4.39 Å². The number of esters is 1. The number of carbonyl (C=O) groups is 2. The second-order valence-electron chi connectivity index (χ2n) is 6.54. The topological polar surface area (TPSA) is 55.4 Å². The number of ether oxygens (including phenoxy) is 1. The van der Waals surface area contributed by atoms with E-state index in [9.17, 15) is 14.0 Å². The largest absolute Gasteiger partial charge is 0.455 e. The highest BCUT2D eigenvalue weighted by Crippen LogP contribution is 2.43. The minimum absolute atomic E-state index is 0.318. The normalized spacial score (nSPS) is 16.3. The lowest BCUT2D eigenvalue weighted by Crippen LogP contribution is -2.39. The Bertz CT molecular complexity index is 565.